The van der Waals surface area contributed by atoms with E-state index in [1.54, 1.807) is 36.4 Å². The van der Waals surface area contributed by atoms with Crippen molar-refractivity contribution in [2.45, 2.75) is 46.5 Å². The van der Waals surface area contributed by atoms with Crippen molar-refractivity contribution in [1.29, 1.82) is 0 Å². The van der Waals surface area contributed by atoms with E-state index in [0.717, 1.165) is 18.4 Å². The molecule has 3 aromatic carbocycles. The SMILES string of the molecule is CCCc1c(OCCOc2ccc3c(=O)cc(-c4ccc(C(=O)[O-])cc4)oc3c2CCC)ccc(C(C)=O)c1O.[Na+]. The van der Waals surface area contributed by atoms with Gasteiger partial charge in [0.1, 0.15) is 41.8 Å². The van der Waals surface area contributed by atoms with Gasteiger partial charge in [0.2, 0.25) is 0 Å². The van der Waals surface area contributed by atoms with Gasteiger partial charge in [-0.15, -0.1) is 0 Å². The molecule has 0 saturated heterocycles. The molecule has 1 heterocycles. The number of carbonyl (C=O) groups excluding carboxylic acids is 2. The summed E-state index contributed by atoms with van der Waals surface area (Å²) in [5.41, 5.74) is 2.40. The van der Waals surface area contributed by atoms with Gasteiger partial charge in [0.15, 0.2) is 11.2 Å². The molecule has 41 heavy (non-hydrogen) atoms. The van der Waals surface area contributed by atoms with Crippen molar-refractivity contribution >= 4 is 22.7 Å². The predicted molar refractivity (Wildman–Crippen MR) is 149 cm³/mol. The fourth-order valence-electron chi connectivity index (χ4n) is 4.62. The molecule has 0 unspecified atom stereocenters. The Morgan fingerprint density at radius 1 is 0.878 bits per heavy atom. The Hall–Kier alpha value is -3.59. The summed E-state index contributed by atoms with van der Waals surface area (Å²) in [6.07, 6.45) is 2.71. The van der Waals surface area contributed by atoms with Gasteiger partial charge in [0.05, 0.1) is 16.9 Å². The average Bonchev–Trinajstić information content (AvgIpc) is 2.93. The number of carboxylic acids is 1. The monoisotopic (exact) mass is 566 g/mol. The number of fused-ring (bicyclic) bond motifs is 1. The third-order valence-electron chi connectivity index (χ3n) is 6.58. The molecule has 0 aliphatic heterocycles. The van der Waals surface area contributed by atoms with E-state index in [-0.39, 0.29) is 70.9 Å². The van der Waals surface area contributed by atoms with Gasteiger partial charge in [0, 0.05) is 22.8 Å². The van der Waals surface area contributed by atoms with Gasteiger partial charge in [-0.25, -0.2) is 0 Å². The zero-order chi connectivity index (χ0) is 28.8. The van der Waals surface area contributed by atoms with E-state index in [1.807, 2.05) is 13.8 Å². The predicted octanol–water partition coefficient (Wildman–Crippen LogP) is 2.10. The maximum atomic E-state index is 12.9. The number of hydrogen-bond donors (Lipinski definition) is 1. The Labute approximate surface area is 260 Å². The summed E-state index contributed by atoms with van der Waals surface area (Å²) in [5.74, 6) is -0.164. The number of aromatic carboxylic acids is 1. The number of hydrogen-bond acceptors (Lipinski definition) is 8. The van der Waals surface area contributed by atoms with Crippen molar-refractivity contribution in [3.63, 3.8) is 0 Å². The first-order valence-corrected chi connectivity index (χ1v) is 13.3. The van der Waals surface area contributed by atoms with Crippen LogP contribution in [0.4, 0.5) is 0 Å². The van der Waals surface area contributed by atoms with Crippen LogP contribution in [0.5, 0.6) is 17.2 Å². The molecule has 1 N–H and O–H groups in total. The smallest absolute Gasteiger partial charge is 0.545 e. The quantitative estimate of drug-likeness (QED) is 0.157. The number of carbonyl (C=O) groups is 2. The van der Waals surface area contributed by atoms with Crippen molar-refractivity contribution in [2.75, 3.05) is 13.2 Å². The fourth-order valence-corrected chi connectivity index (χ4v) is 4.62. The molecule has 0 saturated carbocycles. The van der Waals surface area contributed by atoms with Crippen LogP contribution in [0.2, 0.25) is 0 Å². The van der Waals surface area contributed by atoms with Crippen LogP contribution in [0.25, 0.3) is 22.3 Å². The van der Waals surface area contributed by atoms with Gasteiger partial charge in [-0.2, -0.15) is 0 Å². The normalized spacial score (nSPS) is 10.7. The number of carboxylic acid groups (broad SMARTS) is 1. The summed E-state index contributed by atoms with van der Waals surface area (Å²) in [7, 11) is 0. The topological polar surface area (TPSA) is 126 Å². The molecule has 0 aliphatic rings. The van der Waals surface area contributed by atoms with Gasteiger partial charge >= 0.3 is 29.6 Å². The molecule has 0 fully saturated rings. The van der Waals surface area contributed by atoms with Crippen LogP contribution in [0, 0.1) is 0 Å². The molecule has 0 bridgehead atoms. The first kappa shape index (κ1) is 31.9. The second-order valence-corrected chi connectivity index (χ2v) is 9.45. The molecule has 0 amide bonds. The maximum absolute atomic E-state index is 12.9. The van der Waals surface area contributed by atoms with Crippen LogP contribution in [0.1, 0.15) is 65.5 Å². The third-order valence-corrected chi connectivity index (χ3v) is 6.58. The van der Waals surface area contributed by atoms with E-state index in [0.29, 0.717) is 52.2 Å². The average molecular weight is 567 g/mol. The Bertz CT molecular complexity index is 1610. The molecular formula is C32H31NaO8. The first-order chi connectivity index (χ1) is 19.2. The minimum absolute atomic E-state index is 0. The largest absolute Gasteiger partial charge is 1.00 e. The number of phenols is 1. The third kappa shape index (κ3) is 7.19. The second kappa shape index (κ2) is 14.3. The van der Waals surface area contributed by atoms with Gasteiger partial charge in [-0.1, -0.05) is 51.0 Å². The number of rotatable bonds is 12. The number of benzene rings is 3. The van der Waals surface area contributed by atoms with Crippen molar-refractivity contribution < 1.29 is 63.3 Å². The standard InChI is InChI=1S/C32H32O8.Na/c1-4-6-24-27(14-12-22(19(3)33)30(24)35)38-16-17-39-28-15-13-23-26(34)18-29(40-31(23)25(28)7-5-2)20-8-10-21(11-9-20)32(36)37;/h8-15,18,35H,4-7,16-17H2,1-3H3,(H,36,37);/q;+1/p-1. The van der Waals surface area contributed by atoms with E-state index in [1.165, 1.54) is 25.1 Å². The molecule has 8 nitrogen and oxygen atoms in total. The molecule has 0 radical (unpaired) electrons. The molecule has 0 atom stereocenters. The number of ether oxygens (including phenoxy) is 2. The zero-order valence-corrected chi connectivity index (χ0v) is 25.7. The summed E-state index contributed by atoms with van der Waals surface area (Å²) >= 11 is 0. The number of Topliss-reactive ketones (excluding diaryl/α,β-unsaturated/α-hetero) is 1. The summed E-state index contributed by atoms with van der Waals surface area (Å²) in [6, 6.07) is 14.0. The fraction of sp³-hybridized carbons (Fsp3) is 0.281. The molecule has 0 spiro atoms. The van der Waals surface area contributed by atoms with Crippen LogP contribution >= 0.6 is 0 Å². The van der Waals surface area contributed by atoms with E-state index < -0.39 is 5.97 Å². The number of aryl methyl sites for hydroxylation is 1. The van der Waals surface area contributed by atoms with Crippen LogP contribution in [0.3, 0.4) is 0 Å². The number of ketones is 1. The van der Waals surface area contributed by atoms with Gasteiger partial charge in [0.25, 0.3) is 0 Å². The van der Waals surface area contributed by atoms with Gasteiger partial charge < -0.3 is 28.9 Å². The molecule has 0 aliphatic carbocycles. The first-order valence-electron chi connectivity index (χ1n) is 13.3. The number of aromatic hydroxyl groups is 1. The molecule has 208 valence electrons. The number of phenolic OH excluding ortho intramolecular Hbond substituents is 1. The van der Waals surface area contributed by atoms with Crippen LogP contribution in [-0.2, 0) is 12.8 Å². The minimum atomic E-state index is -1.28. The molecule has 4 aromatic rings. The molecule has 1 aromatic heterocycles. The van der Waals surface area contributed by atoms with Crippen LogP contribution < -0.4 is 49.6 Å². The van der Waals surface area contributed by atoms with Crippen molar-refractivity contribution in [2.24, 2.45) is 0 Å². The molecule has 4 rings (SSSR count). The summed E-state index contributed by atoms with van der Waals surface area (Å²) in [6.45, 7) is 5.78. The van der Waals surface area contributed by atoms with E-state index in [2.05, 4.69) is 0 Å². The Kier molecular flexibility index (Phi) is 11.2. The Morgan fingerprint density at radius 2 is 1.46 bits per heavy atom. The Morgan fingerprint density at radius 3 is 2.05 bits per heavy atom. The van der Waals surface area contributed by atoms with Crippen molar-refractivity contribution in [1.82, 2.24) is 0 Å². The van der Waals surface area contributed by atoms with Gasteiger partial charge in [-0.3, -0.25) is 9.59 Å². The van der Waals surface area contributed by atoms with E-state index in [9.17, 15) is 24.6 Å². The summed E-state index contributed by atoms with van der Waals surface area (Å²) in [5, 5.41) is 22.1. The van der Waals surface area contributed by atoms with Crippen LogP contribution in [0.15, 0.2) is 63.8 Å². The Balaban J connectivity index is 0.00000462. The van der Waals surface area contributed by atoms with Gasteiger partial charge in [-0.05, 0) is 49.6 Å². The van der Waals surface area contributed by atoms with Crippen LogP contribution in [-0.4, -0.2) is 30.1 Å². The summed E-state index contributed by atoms with van der Waals surface area (Å²) in [4.78, 5) is 35.9. The maximum Gasteiger partial charge on any atom is 1.00 e. The van der Waals surface area contributed by atoms with E-state index in [4.69, 9.17) is 13.9 Å². The molecule has 9 heteroatoms. The van der Waals surface area contributed by atoms with Crippen molar-refractivity contribution in [3.8, 4) is 28.6 Å². The zero-order valence-electron chi connectivity index (χ0n) is 23.7. The summed E-state index contributed by atoms with van der Waals surface area (Å²) < 4.78 is 18.2. The minimum Gasteiger partial charge on any atom is -0.545 e. The van der Waals surface area contributed by atoms with Crippen molar-refractivity contribution in [3.05, 3.63) is 87.1 Å². The second-order valence-electron chi connectivity index (χ2n) is 9.45. The van der Waals surface area contributed by atoms with E-state index >= 15 is 0 Å². The molecular weight excluding hydrogens is 535 g/mol.